The van der Waals surface area contributed by atoms with Gasteiger partial charge in [0.2, 0.25) is 0 Å². The summed E-state index contributed by atoms with van der Waals surface area (Å²) >= 11 is 0. The Labute approximate surface area is 164 Å². The van der Waals surface area contributed by atoms with Gasteiger partial charge >= 0.3 is 6.09 Å². The van der Waals surface area contributed by atoms with Crippen molar-refractivity contribution in [1.29, 1.82) is 0 Å². The molecule has 0 spiro atoms. The molecule has 0 radical (unpaired) electrons. The second kappa shape index (κ2) is 7.22. The zero-order valence-electron chi connectivity index (χ0n) is 16.7. The number of hydrogen-bond donors (Lipinski definition) is 1. The number of nitrogens with zero attached hydrogens (tertiary/aromatic N) is 3. The van der Waals surface area contributed by atoms with Gasteiger partial charge in [-0.05, 0) is 44.4 Å². The highest BCUT2D eigenvalue weighted by Gasteiger charge is 2.66. The fraction of sp³-hybridized carbons (Fsp3) is 0.750. The molecule has 154 valence electrons. The van der Waals surface area contributed by atoms with E-state index in [1.807, 2.05) is 6.92 Å². The highest BCUT2D eigenvalue weighted by atomic mass is 19.1. The standard InChI is InChI=1S/C20H29FN4O3/c1-11-6-16(22)17(25(11)19(26)27-3)10-28-14-4-5-20(12(2)15(20)7-14)18-23-8-13(21)9-24-18/h8-9,11-12,14-17H,4-7,10,22H2,1-3H3/t11-,12+,14+,15-,16+,17+,20-/m1/s1. The first-order valence-electron chi connectivity index (χ1n) is 10.1. The SMILES string of the molecule is COC(=O)N1[C@H](C)C[C@H](N)[C@@H]1CO[C@H]1CC[C@]2(c3ncc(F)cn3)[C@H](C1)[C@@H]2C. The van der Waals surface area contributed by atoms with Crippen molar-refractivity contribution >= 4 is 6.09 Å². The van der Waals surface area contributed by atoms with Gasteiger partial charge in [-0.1, -0.05) is 6.92 Å². The van der Waals surface area contributed by atoms with E-state index in [4.69, 9.17) is 15.2 Å². The maximum absolute atomic E-state index is 13.2. The number of fused-ring (bicyclic) bond motifs is 1. The van der Waals surface area contributed by atoms with Crippen LogP contribution in [0.3, 0.4) is 0 Å². The molecule has 2 heterocycles. The molecule has 8 heteroatoms. The summed E-state index contributed by atoms with van der Waals surface area (Å²) in [5.74, 6) is 1.27. The molecule has 1 aromatic heterocycles. The Morgan fingerprint density at radius 2 is 2.07 bits per heavy atom. The van der Waals surface area contributed by atoms with Crippen LogP contribution in [0.15, 0.2) is 12.4 Å². The van der Waals surface area contributed by atoms with Crippen molar-refractivity contribution < 1.29 is 18.7 Å². The van der Waals surface area contributed by atoms with Crippen LogP contribution < -0.4 is 5.73 Å². The lowest BCUT2D eigenvalue weighted by atomic mass is 9.85. The molecule has 1 aliphatic heterocycles. The van der Waals surface area contributed by atoms with Crippen LogP contribution in [0.2, 0.25) is 0 Å². The molecule has 0 aromatic carbocycles. The van der Waals surface area contributed by atoms with Crippen LogP contribution in [0.1, 0.15) is 45.4 Å². The smallest absolute Gasteiger partial charge is 0.410 e. The summed E-state index contributed by atoms with van der Waals surface area (Å²) in [5, 5.41) is 0. The molecule has 0 unspecified atom stereocenters. The summed E-state index contributed by atoms with van der Waals surface area (Å²) in [6, 6.07) is -0.218. The Morgan fingerprint density at radius 3 is 2.71 bits per heavy atom. The van der Waals surface area contributed by atoms with Crippen molar-refractivity contribution in [2.45, 2.75) is 69.2 Å². The zero-order valence-corrected chi connectivity index (χ0v) is 16.7. The van der Waals surface area contributed by atoms with Crippen LogP contribution in [0.25, 0.3) is 0 Å². The number of rotatable bonds is 4. The van der Waals surface area contributed by atoms with Gasteiger partial charge in [-0.15, -0.1) is 0 Å². The Balaban J connectivity index is 1.37. The first-order valence-corrected chi connectivity index (χ1v) is 10.1. The number of hydrogen-bond acceptors (Lipinski definition) is 6. The molecule has 7 nitrogen and oxygen atoms in total. The van der Waals surface area contributed by atoms with Crippen molar-refractivity contribution in [1.82, 2.24) is 14.9 Å². The van der Waals surface area contributed by atoms with Crippen molar-refractivity contribution in [2.24, 2.45) is 17.6 Å². The minimum atomic E-state index is -0.403. The fourth-order valence-corrected chi connectivity index (χ4v) is 5.60. The second-order valence-corrected chi connectivity index (χ2v) is 8.58. The molecule has 1 saturated heterocycles. The van der Waals surface area contributed by atoms with Gasteiger partial charge < -0.3 is 15.2 Å². The number of halogens is 1. The molecule has 2 N–H and O–H groups in total. The van der Waals surface area contributed by atoms with Crippen molar-refractivity contribution in [3.05, 3.63) is 24.0 Å². The highest BCUT2D eigenvalue weighted by molar-refractivity contribution is 5.69. The minimum absolute atomic E-state index is 0.0378. The van der Waals surface area contributed by atoms with Gasteiger partial charge in [-0.3, -0.25) is 4.90 Å². The van der Waals surface area contributed by atoms with Crippen LogP contribution in [-0.2, 0) is 14.9 Å². The van der Waals surface area contributed by atoms with Crippen LogP contribution in [0.4, 0.5) is 9.18 Å². The number of nitrogens with two attached hydrogens (primary N) is 1. The zero-order chi connectivity index (χ0) is 20.1. The van der Waals surface area contributed by atoms with Gasteiger partial charge in [0.05, 0.1) is 38.3 Å². The van der Waals surface area contributed by atoms with E-state index in [1.54, 1.807) is 4.90 Å². The number of carbonyl (C=O) groups is 1. The van der Waals surface area contributed by atoms with E-state index < -0.39 is 5.82 Å². The van der Waals surface area contributed by atoms with E-state index in [9.17, 15) is 9.18 Å². The molecule has 2 saturated carbocycles. The summed E-state index contributed by atoms with van der Waals surface area (Å²) in [4.78, 5) is 22.3. The Bertz CT molecular complexity index is 733. The molecule has 0 bridgehead atoms. The van der Waals surface area contributed by atoms with E-state index in [1.165, 1.54) is 19.5 Å². The maximum Gasteiger partial charge on any atom is 0.410 e. The Hall–Kier alpha value is -1.80. The number of methoxy groups -OCH3 is 1. The molecule has 4 rings (SSSR count). The quantitative estimate of drug-likeness (QED) is 0.845. The first kappa shape index (κ1) is 19.5. The highest BCUT2D eigenvalue weighted by Crippen LogP contribution is 2.66. The lowest BCUT2D eigenvalue weighted by molar-refractivity contribution is -0.00963. The van der Waals surface area contributed by atoms with E-state index in [0.717, 1.165) is 31.5 Å². The van der Waals surface area contributed by atoms with Crippen molar-refractivity contribution in [3.8, 4) is 0 Å². The molecule has 28 heavy (non-hydrogen) atoms. The van der Waals surface area contributed by atoms with Crippen LogP contribution >= 0.6 is 0 Å². The topological polar surface area (TPSA) is 90.6 Å². The average Bonchev–Trinajstić information content (AvgIpc) is 3.17. The van der Waals surface area contributed by atoms with E-state index in [0.29, 0.717) is 18.4 Å². The van der Waals surface area contributed by atoms with Gasteiger partial charge in [0, 0.05) is 17.5 Å². The van der Waals surface area contributed by atoms with Crippen LogP contribution in [0, 0.1) is 17.7 Å². The number of carbonyl (C=O) groups excluding carboxylic acids is 1. The third kappa shape index (κ3) is 3.06. The van der Waals surface area contributed by atoms with Gasteiger partial charge in [0.25, 0.3) is 0 Å². The average molecular weight is 392 g/mol. The van der Waals surface area contributed by atoms with Crippen LogP contribution in [0.5, 0.6) is 0 Å². The predicted octanol–water partition coefficient (Wildman–Crippen LogP) is 2.25. The molecular weight excluding hydrogens is 363 g/mol. The molecular formula is C20H29FN4O3. The summed E-state index contributed by atoms with van der Waals surface area (Å²) in [6.45, 7) is 4.63. The van der Waals surface area contributed by atoms with Crippen molar-refractivity contribution in [2.75, 3.05) is 13.7 Å². The summed E-state index contributed by atoms with van der Waals surface area (Å²) in [5.41, 5.74) is 6.22. The molecule has 3 aliphatic rings. The van der Waals surface area contributed by atoms with E-state index in [-0.39, 0.29) is 35.7 Å². The molecule has 7 atom stereocenters. The number of likely N-dealkylation sites (tertiary alicyclic amines) is 1. The number of amides is 1. The van der Waals surface area contributed by atoms with Gasteiger partial charge in [-0.25, -0.2) is 19.2 Å². The third-order valence-corrected chi connectivity index (χ3v) is 7.23. The van der Waals surface area contributed by atoms with Crippen LogP contribution in [-0.4, -0.2) is 58.9 Å². The molecule has 1 aromatic rings. The first-order chi connectivity index (χ1) is 13.4. The molecule has 1 amide bonds. The fourth-order valence-electron chi connectivity index (χ4n) is 5.60. The van der Waals surface area contributed by atoms with Gasteiger partial charge in [-0.2, -0.15) is 0 Å². The van der Waals surface area contributed by atoms with E-state index >= 15 is 0 Å². The van der Waals surface area contributed by atoms with Gasteiger partial charge in [0.15, 0.2) is 5.82 Å². The van der Waals surface area contributed by atoms with Gasteiger partial charge in [0.1, 0.15) is 5.82 Å². The summed E-state index contributed by atoms with van der Waals surface area (Å²) in [6.07, 6.45) is 5.81. The monoisotopic (exact) mass is 392 g/mol. The largest absolute Gasteiger partial charge is 0.453 e. The lowest BCUT2D eigenvalue weighted by Crippen LogP contribution is -2.48. The minimum Gasteiger partial charge on any atom is -0.453 e. The van der Waals surface area contributed by atoms with Crippen molar-refractivity contribution in [3.63, 3.8) is 0 Å². The predicted molar refractivity (Wildman–Crippen MR) is 100.0 cm³/mol. The third-order valence-electron chi connectivity index (χ3n) is 7.23. The Kier molecular flexibility index (Phi) is 5.03. The molecule has 3 fully saturated rings. The lowest BCUT2D eigenvalue weighted by Gasteiger charge is -2.32. The second-order valence-electron chi connectivity index (χ2n) is 8.58. The molecule has 2 aliphatic carbocycles. The Morgan fingerprint density at radius 1 is 1.36 bits per heavy atom. The number of ether oxygens (including phenoxy) is 2. The van der Waals surface area contributed by atoms with E-state index in [2.05, 4.69) is 16.9 Å². The number of aromatic nitrogens is 2. The summed E-state index contributed by atoms with van der Waals surface area (Å²) in [7, 11) is 1.39. The normalized spacial score (nSPS) is 39.5. The maximum atomic E-state index is 13.2. The summed E-state index contributed by atoms with van der Waals surface area (Å²) < 4.78 is 24.3.